The molecule has 2 aromatic heterocycles. The molecule has 0 radical (unpaired) electrons. The van der Waals surface area contributed by atoms with Gasteiger partial charge < -0.3 is 29.2 Å². The summed E-state index contributed by atoms with van der Waals surface area (Å²) in [5, 5.41) is 26.8. The third-order valence-corrected chi connectivity index (χ3v) is 13.0. The van der Waals surface area contributed by atoms with Gasteiger partial charge in [0.15, 0.2) is 36.2 Å². The second-order valence-electron chi connectivity index (χ2n) is 13.8. The van der Waals surface area contributed by atoms with Gasteiger partial charge in [-0.3, -0.25) is 10.6 Å². The van der Waals surface area contributed by atoms with Gasteiger partial charge in [0.25, 0.3) is 20.0 Å². The molecule has 0 aliphatic heterocycles. The van der Waals surface area contributed by atoms with Crippen molar-refractivity contribution in [3.63, 3.8) is 0 Å². The SMILES string of the molecule is CNC(OC(=O)C(O)C(O)C(=O)OC(NC)c1cn(S(=O)(=O)c2cccc(F)c2)c(-c2ccc(F)cc2F)c1OC)c1cn(S(=O)(=O)c2cccc(F)c2)c(-c2ccc(F)cc2F)c1OC. The van der Waals surface area contributed by atoms with Crippen molar-refractivity contribution in [3.05, 3.63) is 143 Å². The number of nitrogens with zero attached hydrogens (tertiary/aromatic N) is 2. The number of aromatic nitrogens is 2. The lowest BCUT2D eigenvalue weighted by atomic mass is 10.1. The number of aliphatic hydroxyl groups excluding tert-OH is 2. The first-order valence-corrected chi connectivity index (χ1v) is 21.7. The zero-order chi connectivity index (χ0) is 48.4. The number of hydrogen-bond acceptors (Lipinski definition) is 14. The molecule has 2 heterocycles. The molecule has 16 nitrogen and oxygen atoms in total. The summed E-state index contributed by atoms with van der Waals surface area (Å²) in [6.07, 6.45) is -7.71. The lowest BCUT2D eigenvalue weighted by Gasteiger charge is -2.23. The van der Waals surface area contributed by atoms with Gasteiger partial charge in [-0.1, -0.05) is 12.1 Å². The summed E-state index contributed by atoms with van der Waals surface area (Å²) in [5.74, 6) is -11.1. The Kier molecular flexibility index (Phi) is 14.3. The summed E-state index contributed by atoms with van der Waals surface area (Å²) >= 11 is 0. The average molecular weight is 967 g/mol. The van der Waals surface area contributed by atoms with Gasteiger partial charge in [0.1, 0.15) is 46.3 Å². The molecule has 66 heavy (non-hydrogen) atoms. The third kappa shape index (κ3) is 9.36. The summed E-state index contributed by atoms with van der Waals surface area (Å²) in [6.45, 7) is 0. The van der Waals surface area contributed by atoms with Gasteiger partial charge >= 0.3 is 11.9 Å². The molecule has 0 fully saturated rings. The fraction of sp³-hybridized carbons (Fsp3) is 0.190. The molecule has 4 atom stereocenters. The molecule has 0 aliphatic rings. The Balaban J connectivity index is 1.33. The predicted octanol–water partition coefficient (Wildman–Crippen LogP) is 4.89. The van der Waals surface area contributed by atoms with Gasteiger partial charge in [0.2, 0.25) is 0 Å². The van der Waals surface area contributed by atoms with E-state index in [0.717, 1.165) is 87.3 Å². The van der Waals surface area contributed by atoms with Crippen LogP contribution >= 0.6 is 0 Å². The van der Waals surface area contributed by atoms with E-state index in [1.807, 2.05) is 0 Å². The molecule has 6 rings (SSSR count). The lowest BCUT2D eigenvalue weighted by Crippen LogP contribution is -2.44. The van der Waals surface area contributed by atoms with Crippen molar-refractivity contribution in [2.24, 2.45) is 0 Å². The van der Waals surface area contributed by atoms with Crippen LogP contribution in [-0.2, 0) is 39.1 Å². The maximum Gasteiger partial charge on any atom is 0.340 e. The Morgan fingerprint density at radius 2 is 0.909 bits per heavy atom. The molecule has 0 bridgehead atoms. The van der Waals surface area contributed by atoms with Crippen LogP contribution in [0.4, 0.5) is 26.3 Å². The van der Waals surface area contributed by atoms with Crippen LogP contribution in [0.25, 0.3) is 22.5 Å². The van der Waals surface area contributed by atoms with Crippen molar-refractivity contribution in [3.8, 4) is 34.0 Å². The van der Waals surface area contributed by atoms with Gasteiger partial charge in [-0.25, -0.2) is 60.7 Å². The van der Waals surface area contributed by atoms with Crippen molar-refractivity contribution < 1.29 is 81.9 Å². The van der Waals surface area contributed by atoms with Crippen LogP contribution in [0.5, 0.6) is 11.5 Å². The highest BCUT2D eigenvalue weighted by atomic mass is 32.2. The Labute approximate surface area is 371 Å². The van der Waals surface area contributed by atoms with Crippen molar-refractivity contribution in [2.45, 2.75) is 34.5 Å². The van der Waals surface area contributed by atoms with E-state index in [1.54, 1.807) is 0 Å². The fourth-order valence-corrected chi connectivity index (χ4v) is 9.49. The van der Waals surface area contributed by atoms with Crippen molar-refractivity contribution >= 4 is 32.0 Å². The summed E-state index contributed by atoms with van der Waals surface area (Å²) in [4.78, 5) is 25.6. The van der Waals surface area contributed by atoms with E-state index in [2.05, 4.69) is 10.6 Å². The monoisotopic (exact) mass is 966 g/mol. The number of carbonyl (C=O) groups is 2. The minimum absolute atomic E-state index is 0.398. The number of rotatable bonds is 17. The minimum atomic E-state index is -4.86. The molecule has 24 heteroatoms. The average Bonchev–Trinajstić information content (AvgIpc) is 3.86. The molecule has 0 spiro atoms. The topological polar surface area (TPSA) is 214 Å². The molecule has 6 aromatic rings. The van der Waals surface area contributed by atoms with Crippen molar-refractivity contribution in [1.29, 1.82) is 0 Å². The standard InChI is InChI=1S/C42H36F6N4O12S2/c1-49-39(29-19-51(65(57,58)25-9-5-7-21(43)15-25)33(37(29)61-3)27-13-11-23(45)17-31(27)47)63-41(55)35(53)36(54)42(56)64-40(50-2)30-20-52(66(59,60)26-10-6-8-22(44)16-26)34(38(30)62-4)28-14-12-24(46)18-32(28)48/h5-20,35-36,39-40,49-50,53-54H,1-4H3. The minimum Gasteiger partial charge on any atom is -0.494 e. The van der Waals surface area contributed by atoms with Gasteiger partial charge in [-0.05, 0) is 74.8 Å². The van der Waals surface area contributed by atoms with Crippen LogP contribution in [-0.4, -0.2) is 87.5 Å². The molecule has 0 aliphatic carbocycles. The molecule has 350 valence electrons. The molecular formula is C42H36F6N4O12S2. The Bertz CT molecular complexity index is 2850. The van der Waals surface area contributed by atoms with Crippen LogP contribution in [0.3, 0.4) is 0 Å². The number of methoxy groups -OCH3 is 2. The number of aliphatic hydroxyl groups is 2. The number of ether oxygens (including phenoxy) is 4. The Morgan fingerprint density at radius 3 is 1.21 bits per heavy atom. The van der Waals surface area contributed by atoms with Crippen molar-refractivity contribution in [1.82, 2.24) is 18.6 Å². The largest absolute Gasteiger partial charge is 0.494 e. The first kappa shape index (κ1) is 48.7. The van der Waals surface area contributed by atoms with E-state index in [9.17, 15) is 54.2 Å². The fourth-order valence-electron chi connectivity index (χ4n) is 6.67. The molecule has 0 amide bonds. The quantitative estimate of drug-likeness (QED) is 0.0545. The Hall–Kier alpha value is -6.70. The number of nitrogens with one attached hydrogen (secondary N) is 2. The van der Waals surface area contributed by atoms with Crippen LogP contribution in [0.15, 0.2) is 107 Å². The van der Waals surface area contributed by atoms with E-state index in [1.165, 1.54) is 14.1 Å². The normalized spacial score (nSPS) is 13.7. The molecule has 0 saturated heterocycles. The summed E-state index contributed by atoms with van der Waals surface area (Å²) in [7, 11) is -5.34. The number of halogens is 6. The highest BCUT2D eigenvalue weighted by Gasteiger charge is 2.40. The van der Waals surface area contributed by atoms with Crippen molar-refractivity contribution in [2.75, 3.05) is 28.3 Å². The first-order valence-electron chi connectivity index (χ1n) is 18.8. The van der Waals surface area contributed by atoms with Crippen LogP contribution in [0.1, 0.15) is 23.6 Å². The Morgan fingerprint density at radius 1 is 0.561 bits per heavy atom. The maximum absolute atomic E-state index is 15.3. The van der Waals surface area contributed by atoms with Crippen LogP contribution in [0.2, 0.25) is 0 Å². The van der Waals surface area contributed by atoms with E-state index in [-0.39, 0.29) is 0 Å². The molecule has 0 saturated carbocycles. The number of hydrogen-bond donors (Lipinski definition) is 4. The van der Waals surface area contributed by atoms with Gasteiger partial charge in [0, 0.05) is 35.7 Å². The highest BCUT2D eigenvalue weighted by molar-refractivity contribution is 7.90. The van der Waals surface area contributed by atoms with Crippen LogP contribution < -0.4 is 20.1 Å². The first-order chi connectivity index (χ1) is 31.2. The molecule has 4 N–H and O–H groups in total. The van der Waals surface area contributed by atoms with Gasteiger partial charge in [0.05, 0.1) is 35.1 Å². The molecular weight excluding hydrogens is 931 g/mol. The molecule has 4 unspecified atom stereocenters. The van der Waals surface area contributed by atoms with E-state index < -0.39 is 146 Å². The predicted molar refractivity (Wildman–Crippen MR) is 218 cm³/mol. The van der Waals surface area contributed by atoms with Gasteiger partial charge in [-0.15, -0.1) is 0 Å². The van der Waals surface area contributed by atoms with E-state index >= 15 is 8.78 Å². The zero-order valence-corrected chi connectivity index (χ0v) is 36.1. The van der Waals surface area contributed by atoms with Gasteiger partial charge in [-0.2, -0.15) is 0 Å². The second kappa shape index (κ2) is 19.4. The lowest BCUT2D eigenvalue weighted by molar-refractivity contribution is -0.181. The number of esters is 2. The summed E-state index contributed by atoms with van der Waals surface area (Å²) < 4.78 is 165. The molecule has 4 aromatic carbocycles. The summed E-state index contributed by atoms with van der Waals surface area (Å²) in [5.41, 5.74) is -3.08. The number of carbonyl (C=O) groups excluding carboxylic acids is 2. The summed E-state index contributed by atoms with van der Waals surface area (Å²) in [6, 6.07) is 11.7. The zero-order valence-electron chi connectivity index (χ0n) is 34.5. The maximum atomic E-state index is 15.3. The van der Waals surface area contributed by atoms with Crippen LogP contribution in [0, 0.1) is 34.9 Å². The smallest absolute Gasteiger partial charge is 0.340 e. The third-order valence-electron chi connectivity index (χ3n) is 9.73. The van der Waals surface area contributed by atoms with E-state index in [0.29, 0.717) is 32.2 Å². The van der Waals surface area contributed by atoms with E-state index in [4.69, 9.17) is 18.9 Å². The highest BCUT2D eigenvalue weighted by Crippen LogP contribution is 2.43. The second-order valence-corrected chi connectivity index (χ2v) is 17.4. The number of benzene rings is 4.